The molecule has 1 aromatic heterocycles. The molecule has 0 bridgehead atoms. The molecule has 0 spiro atoms. The molecular formula is C15H16N2O. The number of hydrogen-bond donors (Lipinski definition) is 1. The minimum Gasteiger partial charge on any atom is -0.493 e. The van der Waals surface area contributed by atoms with E-state index in [1.165, 1.54) is 5.56 Å². The van der Waals surface area contributed by atoms with Crippen molar-refractivity contribution in [3.8, 4) is 5.75 Å². The number of fused-ring (bicyclic) bond motifs is 1. The van der Waals surface area contributed by atoms with Crippen LogP contribution in [0.5, 0.6) is 5.75 Å². The number of aromatic nitrogens is 1. The van der Waals surface area contributed by atoms with Gasteiger partial charge in [0.05, 0.1) is 12.6 Å². The van der Waals surface area contributed by atoms with Gasteiger partial charge in [-0.05, 0) is 35.7 Å². The SMILES string of the molecule is Cc1ncccc1C(N)c1ccc2c(c1)CCO2. The molecule has 0 amide bonds. The zero-order chi connectivity index (χ0) is 12.5. The summed E-state index contributed by atoms with van der Waals surface area (Å²) in [7, 11) is 0. The van der Waals surface area contributed by atoms with Crippen molar-refractivity contribution < 1.29 is 4.74 Å². The molecule has 2 heterocycles. The predicted molar refractivity (Wildman–Crippen MR) is 70.6 cm³/mol. The highest BCUT2D eigenvalue weighted by Crippen LogP contribution is 2.30. The highest BCUT2D eigenvalue weighted by atomic mass is 16.5. The lowest BCUT2D eigenvalue weighted by molar-refractivity contribution is 0.357. The second kappa shape index (κ2) is 4.42. The molecule has 1 atom stereocenters. The van der Waals surface area contributed by atoms with Crippen molar-refractivity contribution in [2.24, 2.45) is 5.73 Å². The Morgan fingerprint density at radius 2 is 2.22 bits per heavy atom. The van der Waals surface area contributed by atoms with E-state index in [1.807, 2.05) is 31.2 Å². The molecule has 0 saturated heterocycles. The number of aryl methyl sites for hydroxylation is 1. The maximum Gasteiger partial charge on any atom is 0.122 e. The number of nitrogens with two attached hydrogens (primary N) is 1. The Kier molecular flexibility index (Phi) is 2.76. The lowest BCUT2D eigenvalue weighted by Crippen LogP contribution is -2.14. The topological polar surface area (TPSA) is 48.1 Å². The summed E-state index contributed by atoms with van der Waals surface area (Å²) in [5.74, 6) is 0.994. The van der Waals surface area contributed by atoms with Gasteiger partial charge in [0, 0.05) is 18.3 Å². The fraction of sp³-hybridized carbons (Fsp3) is 0.267. The molecule has 3 heteroatoms. The molecule has 0 fully saturated rings. The highest BCUT2D eigenvalue weighted by Gasteiger charge is 2.16. The first kappa shape index (κ1) is 11.2. The molecule has 3 rings (SSSR count). The van der Waals surface area contributed by atoms with Crippen molar-refractivity contribution in [3.63, 3.8) is 0 Å². The maximum atomic E-state index is 6.33. The van der Waals surface area contributed by atoms with Crippen LogP contribution in [0.15, 0.2) is 36.5 Å². The summed E-state index contributed by atoms with van der Waals surface area (Å²) in [5, 5.41) is 0. The zero-order valence-electron chi connectivity index (χ0n) is 10.4. The summed E-state index contributed by atoms with van der Waals surface area (Å²) in [6.45, 7) is 2.77. The molecule has 1 unspecified atom stereocenters. The van der Waals surface area contributed by atoms with E-state index < -0.39 is 0 Å². The van der Waals surface area contributed by atoms with Crippen LogP contribution in [0.1, 0.15) is 28.4 Å². The van der Waals surface area contributed by atoms with E-state index in [9.17, 15) is 0 Å². The summed E-state index contributed by atoms with van der Waals surface area (Å²) >= 11 is 0. The lowest BCUT2D eigenvalue weighted by Gasteiger charge is -2.15. The number of pyridine rings is 1. The fourth-order valence-electron chi connectivity index (χ4n) is 2.40. The van der Waals surface area contributed by atoms with Crippen LogP contribution in [0, 0.1) is 6.92 Å². The van der Waals surface area contributed by atoms with E-state index in [1.54, 1.807) is 6.20 Å². The zero-order valence-corrected chi connectivity index (χ0v) is 10.4. The van der Waals surface area contributed by atoms with Crippen LogP contribution in [0.4, 0.5) is 0 Å². The summed E-state index contributed by atoms with van der Waals surface area (Å²) in [5.41, 5.74) is 10.8. The van der Waals surface area contributed by atoms with Crippen molar-refractivity contribution in [2.45, 2.75) is 19.4 Å². The molecule has 1 aliphatic heterocycles. The van der Waals surface area contributed by atoms with E-state index in [-0.39, 0.29) is 6.04 Å². The smallest absolute Gasteiger partial charge is 0.122 e. The summed E-state index contributed by atoms with van der Waals surface area (Å²) in [6, 6.07) is 10.1. The van der Waals surface area contributed by atoms with Gasteiger partial charge in [-0.1, -0.05) is 18.2 Å². The van der Waals surface area contributed by atoms with Crippen molar-refractivity contribution in [1.29, 1.82) is 0 Å². The van der Waals surface area contributed by atoms with Crippen LogP contribution in [-0.2, 0) is 6.42 Å². The van der Waals surface area contributed by atoms with E-state index in [0.717, 1.165) is 35.6 Å². The third-order valence-electron chi connectivity index (χ3n) is 3.46. The average Bonchev–Trinajstić information content (AvgIpc) is 2.85. The van der Waals surface area contributed by atoms with Crippen molar-refractivity contribution >= 4 is 0 Å². The Hall–Kier alpha value is -1.87. The van der Waals surface area contributed by atoms with Crippen LogP contribution >= 0.6 is 0 Å². The minimum atomic E-state index is -0.121. The van der Waals surface area contributed by atoms with Gasteiger partial charge in [-0.15, -0.1) is 0 Å². The van der Waals surface area contributed by atoms with Gasteiger partial charge in [0.1, 0.15) is 5.75 Å². The maximum absolute atomic E-state index is 6.33. The van der Waals surface area contributed by atoms with Crippen LogP contribution in [0.25, 0.3) is 0 Å². The molecular weight excluding hydrogens is 224 g/mol. The largest absolute Gasteiger partial charge is 0.493 e. The minimum absolute atomic E-state index is 0.121. The standard InChI is InChI=1S/C15H16N2O/c1-10-13(3-2-7-17-10)15(16)12-4-5-14-11(9-12)6-8-18-14/h2-5,7,9,15H,6,8,16H2,1H3. The van der Waals surface area contributed by atoms with Crippen LogP contribution < -0.4 is 10.5 Å². The second-order valence-electron chi connectivity index (χ2n) is 4.62. The Labute approximate surface area is 107 Å². The van der Waals surface area contributed by atoms with Crippen LogP contribution in [0.3, 0.4) is 0 Å². The lowest BCUT2D eigenvalue weighted by atomic mass is 9.96. The van der Waals surface area contributed by atoms with Gasteiger partial charge >= 0.3 is 0 Å². The molecule has 0 aliphatic carbocycles. The summed E-state index contributed by atoms with van der Waals surface area (Å²) in [4.78, 5) is 4.29. The fourth-order valence-corrected chi connectivity index (χ4v) is 2.40. The first-order chi connectivity index (χ1) is 8.75. The molecule has 18 heavy (non-hydrogen) atoms. The van der Waals surface area contributed by atoms with Gasteiger partial charge in [-0.3, -0.25) is 4.98 Å². The first-order valence-electron chi connectivity index (χ1n) is 6.18. The van der Waals surface area contributed by atoms with Gasteiger partial charge in [-0.25, -0.2) is 0 Å². The molecule has 2 N–H and O–H groups in total. The van der Waals surface area contributed by atoms with Gasteiger partial charge in [0.15, 0.2) is 0 Å². The number of hydrogen-bond acceptors (Lipinski definition) is 3. The van der Waals surface area contributed by atoms with E-state index >= 15 is 0 Å². The highest BCUT2D eigenvalue weighted by molar-refractivity contribution is 5.43. The number of ether oxygens (including phenoxy) is 1. The molecule has 3 nitrogen and oxygen atoms in total. The Morgan fingerprint density at radius 3 is 3.06 bits per heavy atom. The Balaban J connectivity index is 1.98. The molecule has 0 saturated carbocycles. The number of nitrogens with zero attached hydrogens (tertiary/aromatic N) is 1. The molecule has 1 aliphatic rings. The molecule has 1 aromatic carbocycles. The van der Waals surface area contributed by atoms with Crippen LogP contribution in [-0.4, -0.2) is 11.6 Å². The van der Waals surface area contributed by atoms with E-state index in [0.29, 0.717) is 0 Å². The number of rotatable bonds is 2. The van der Waals surface area contributed by atoms with Crippen molar-refractivity contribution in [3.05, 3.63) is 58.9 Å². The summed E-state index contributed by atoms with van der Waals surface area (Å²) in [6.07, 6.45) is 2.77. The quantitative estimate of drug-likeness (QED) is 0.876. The third kappa shape index (κ3) is 1.87. The first-order valence-corrected chi connectivity index (χ1v) is 6.18. The van der Waals surface area contributed by atoms with Gasteiger partial charge in [0.25, 0.3) is 0 Å². The molecule has 0 radical (unpaired) electrons. The average molecular weight is 240 g/mol. The second-order valence-corrected chi connectivity index (χ2v) is 4.62. The predicted octanol–water partition coefficient (Wildman–Crippen LogP) is 2.37. The van der Waals surface area contributed by atoms with Crippen molar-refractivity contribution in [2.75, 3.05) is 6.61 Å². The normalized spacial score (nSPS) is 15.0. The molecule has 2 aromatic rings. The van der Waals surface area contributed by atoms with Gasteiger partial charge in [0.2, 0.25) is 0 Å². The van der Waals surface area contributed by atoms with Crippen molar-refractivity contribution in [1.82, 2.24) is 4.98 Å². The monoisotopic (exact) mass is 240 g/mol. The summed E-state index contributed by atoms with van der Waals surface area (Å²) < 4.78 is 5.51. The Bertz CT molecular complexity index is 580. The molecule has 92 valence electrons. The van der Waals surface area contributed by atoms with E-state index in [4.69, 9.17) is 10.5 Å². The van der Waals surface area contributed by atoms with Gasteiger partial charge in [-0.2, -0.15) is 0 Å². The number of benzene rings is 1. The van der Waals surface area contributed by atoms with E-state index in [2.05, 4.69) is 11.1 Å². The Morgan fingerprint density at radius 1 is 1.33 bits per heavy atom. The van der Waals surface area contributed by atoms with Gasteiger partial charge < -0.3 is 10.5 Å². The van der Waals surface area contributed by atoms with Crippen LogP contribution in [0.2, 0.25) is 0 Å². The third-order valence-corrected chi connectivity index (χ3v) is 3.46.